The summed E-state index contributed by atoms with van der Waals surface area (Å²) in [5.41, 5.74) is 2.87. The Labute approximate surface area is 149 Å². The van der Waals surface area contributed by atoms with Gasteiger partial charge in [-0.25, -0.2) is 9.97 Å². The van der Waals surface area contributed by atoms with E-state index in [1.54, 1.807) is 12.3 Å². The Kier molecular flexibility index (Phi) is 4.00. The standard InChI is InChI=1S/C18H19N7O/c1-3-12(15-11-25-9-5-7-19-18(25)21-15)20-17(26)14-10-13(22-23-14)16-6-4-8-24(16)2/h4-12H,3H2,1-2H3,(H,20,26)(H,22,23)/t12-/m0/s1. The van der Waals surface area contributed by atoms with E-state index >= 15 is 0 Å². The molecule has 4 aromatic heterocycles. The lowest BCUT2D eigenvalue weighted by atomic mass is 10.1. The van der Waals surface area contributed by atoms with Crippen molar-refractivity contribution in [3.05, 3.63) is 60.4 Å². The number of aromatic amines is 1. The van der Waals surface area contributed by atoms with Crippen LogP contribution >= 0.6 is 0 Å². The maximum absolute atomic E-state index is 12.6. The molecular weight excluding hydrogens is 330 g/mol. The number of imidazole rings is 1. The Morgan fingerprint density at radius 2 is 2.23 bits per heavy atom. The van der Waals surface area contributed by atoms with Gasteiger partial charge >= 0.3 is 0 Å². The summed E-state index contributed by atoms with van der Waals surface area (Å²) in [6.45, 7) is 2.00. The summed E-state index contributed by atoms with van der Waals surface area (Å²) in [5.74, 6) is 0.401. The van der Waals surface area contributed by atoms with Crippen molar-refractivity contribution in [3.63, 3.8) is 0 Å². The third-order valence-corrected chi connectivity index (χ3v) is 4.35. The molecule has 0 spiro atoms. The third-order valence-electron chi connectivity index (χ3n) is 4.35. The highest BCUT2D eigenvalue weighted by Crippen LogP contribution is 2.19. The molecule has 0 aromatic carbocycles. The van der Waals surface area contributed by atoms with Gasteiger partial charge in [0.1, 0.15) is 11.4 Å². The topological polar surface area (TPSA) is 92.9 Å². The molecule has 0 saturated carbocycles. The molecular formula is C18H19N7O. The zero-order chi connectivity index (χ0) is 18.1. The van der Waals surface area contributed by atoms with Crippen molar-refractivity contribution < 1.29 is 4.79 Å². The number of nitrogens with zero attached hydrogens (tertiary/aromatic N) is 5. The minimum absolute atomic E-state index is 0.203. The Morgan fingerprint density at radius 3 is 2.96 bits per heavy atom. The van der Waals surface area contributed by atoms with Gasteiger partial charge in [-0.2, -0.15) is 5.10 Å². The van der Waals surface area contributed by atoms with Crippen molar-refractivity contribution >= 4 is 11.7 Å². The molecule has 0 unspecified atom stereocenters. The van der Waals surface area contributed by atoms with Crippen molar-refractivity contribution in [3.8, 4) is 11.4 Å². The van der Waals surface area contributed by atoms with Crippen LogP contribution in [0, 0.1) is 0 Å². The molecule has 1 atom stereocenters. The van der Waals surface area contributed by atoms with Crippen LogP contribution in [0.3, 0.4) is 0 Å². The first-order valence-electron chi connectivity index (χ1n) is 8.43. The maximum atomic E-state index is 12.6. The van der Waals surface area contributed by atoms with E-state index in [4.69, 9.17) is 0 Å². The highest BCUT2D eigenvalue weighted by molar-refractivity contribution is 5.93. The summed E-state index contributed by atoms with van der Waals surface area (Å²) < 4.78 is 3.80. The van der Waals surface area contributed by atoms with Crippen LogP contribution in [0.1, 0.15) is 35.6 Å². The molecule has 26 heavy (non-hydrogen) atoms. The molecule has 0 aliphatic carbocycles. The second-order valence-corrected chi connectivity index (χ2v) is 6.10. The van der Waals surface area contributed by atoms with E-state index in [0.29, 0.717) is 17.9 Å². The van der Waals surface area contributed by atoms with Gasteiger partial charge in [0.2, 0.25) is 5.78 Å². The molecule has 4 rings (SSSR count). The summed E-state index contributed by atoms with van der Waals surface area (Å²) in [5, 5.41) is 10.1. The van der Waals surface area contributed by atoms with Crippen LogP contribution in [0.2, 0.25) is 0 Å². The number of H-pyrrole nitrogens is 1. The van der Waals surface area contributed by atoms with Crippen molar-refractivity contribution in [1.29, 1.82) is 0 Å². The van der Waals surface area contributed by atoms with Gasteiger partial charge in [-0.05, 0) is 30.7 Å². The number of carbonyl (C=O) groups excluding carboxylic acids is 1. The lowest BCUT2D eigenvalue weighted by Crippen LogP contribution is -2.28. The highest BCUT2D eigenvalue weighted by Gasteiger charge is 2.19. The predicted molar refractivity (Wildman–Crippen MR) is 96.5 cm³/mol. The van der Waals surface area contributed by atoms with Crippen LogP contribution in [0.4, 0.5) is 0 Å². The number of carbonyl (C=O) groups is 1. The van der Waals surface area contributed by atoms with E-state index in [1.807, 2.05) is 59.7 Å². The lowest BCUT2D eigenvalue weighted by Gasteiger charge is -2.13. The fraction of sp³-hybridized carbons (Fsp3) is 0.222. The molecule has 8 nitrogen and oxygen atoms in total. The molecule has 0 saturated heterocycles. The van der Waals surface area contributed by atoms with Crippen molar-refractivity contribution in [2.24, 2.45) is 7.05 Å². The van der Waals surface area contributed by atoms with E-state index in [0.717, 1.165) is 17.1 Å². The Bertz CT molecular complexity index is 1030. The second kappa shape index (κ2) is 6.47. The number of hydrogen-bond donors (Lipinski definition) is 2. The molecule has 0 bridgehead atoms. The average molecular weight is 349 g/mol. The van der Waals surface area contributed by atoms with Gasteiger partial charge in [0.15, 0.2) is 0 Å². The first-order valence-corrected chi connectivity index (χ1v) is 8.43. The van der Waals surface area contributed by atoms with Crippen LogP contribution in [-0.2, 0) is 7.05 Å². The van der Waals surface area contributed by atoms with E-state index in [9.17, 15) is 4.79 Å². The Morgan fingerprint density at radius 1 is 1.35 bits per heavy atom. The van der Waals surface area contributed by atoms with Crippen LogP contribution in [0.15, 0.2) is 49.1 Å². The molecule has 8 heteroatoms. The van der Waals surface area contributed by atoms with Gasteiger partial charge in [0.05, 0.1) is 17.4 Å². The smallest absolute Gasteiger partial charge is 0.269 e. The van der Waals surface area contributed by atoms with Crippen LogP contribution in [-0.4, -0.2) is 35.0 Å². The fourth-order valence-corrected chi connectivity index (χ4v) is 2.93. The summed E-state index contributed by atoms with van der Waals surface area (Å²) >= 11 is 0. The monoisotopic (exact) mass is 349 g/mol. The van der Waals surface area contributed by atoms with Crippen molar-refractivity contribution in [1.82, 2.24) is 34.4 Å². The maximum Gasteiger partial charge on any atom is 0.269 e. The summed E-state index contributed by atoms with van der Waals surface area (Å²) in [6.07, 6.45) is 8.12. The average Bonchev–Trinajstić information content (AvgIpc) is 3.37. The molecule has 4 heterocycles. The van der Waals surface area contributed by atoms with Gasteiger partial charge in [-0.15, -0.1) is 0 Å². The zero-order valence-corrected chi connectivity index (χ0v) is 14.5. The van der Waals surface area contributed by atoms with Crippen LogP contribution in [0.5, 0.6) is 0 Å². The normalized spacial score (nSPS) is 12.4. The van der Waals surface area contributed by atoms with Gasteiger partial charge < -0.3 is 9.88 Å². The summed E-state index contributed by atoms with van der Waals surface area (Å²) in [7, 11) is 1.94. The van der Waals surface area contributed by atoms with Gasteiger partial charge in [0.25, 0.3) is 5.91 Å². The number of fused-ring (bicyclic) bond motifs is 1. The molecule has 132 valence electrons. The number of aromatic nitrogens is 6. The summed E-state index contributed by atoms with van der Waals surface area (Å²) in [6, 6.07) is 7.28. The second-order valence-electron chi connectivity index (χ2n) is 6.10. The molecule has 0 aliphatic heterocycles. The fourth-order valence-electron chi connectivity index (χ4n) is 2.93. The molecule has 0 radical (unpaired) electrons. The lowest BCUT2D eigenvalue weighted by molar-refractivity contribution is 0.0929. The largest absolute Gasteiger partial charge is 0.349 e. The molecule has 2 N–H and O–H groups in total. The number of nitrogens with one attached hydrogen (secondary N) is 2. The number of rotatable bonds is 5. The minimum atomic E-state index is -0.213. The van der Waals surface area contributed by atoms with Crippen molar-refractivity contribution in [2.45, 2.75) is 19.4 Å². The Balaban J connectivity index is 1.54. The van der Waals surface area contributed by atoms with Crippen LogP contribution < -0.4 is 5.32 Å². The summed E-state index contributed by atoms with van der Waals surface area (Å²) in [4.78, 5) is 21.3. The van der Waals surface area contributed by atoms with E-state index in [-0.39, 0.29) is 11.9 Å². The first kappa shape index (κ1) is 16.1. The van der Waals surface area contributed by atoms with E-state index in [1.165, 1.54) is 0 Å². The molecule has 0 fully saturated rings. The number of aryl methyl sites for hydroxylation is 1. The number of amides is 1. The minimum Gasteiger partial charge on any atom is -0.349 e. The Hall–Kier alpha value is -3.42. The van der Waals surface area contributed by atoms with Gasteiger partial charge in [-0.1, -0.05) is 6.92 Å². The SMILES string of the molecule is CC[C@H](NC(=O)c1cc(-c2cccn2C)n[nH]1)c1cn2cccnc2n1. The van der Waals surface area contributed by atoms with Crippen LogP contribution in [0.25, 0.3) is 17.2 Å². The van der Waals surface area contributed by atoms with E-state index < -0.39 is 0 Å². The van der Waals surface area contributed by atoms with E-state index in [2.05, 4.69) is 25.5 Å². The first-order chi connectivity index (χ1) is 12.7. The molecule has 4 aromatic rings. The quantitative estimate of drug-likeness (QED) is 0.578. The molecule has 1 amide bonds. The highest BCUT2D eigenvalue weighted by atomic mass is 16.2. The predicted octanol–water partition coefficient (Wildman–Crippen LogP) is 2.34. The number of hydrogen-bond acceptors (Lipinski definition) is 4. The molecule has 0 aliphatic rings. The third kappa shape index (κ3) is 2.85. The zero-order valence-electron chi connectivity index (χ0n) is 14.5. The van der Waals surface area contributed by atoms with Gasteiger partial charge in [-0.3, -0.25) is 14.3 Å². The van der Waals surface area contributed by atoms with Crippen molar-refractivity contribution in [2.75, 3.05) is 0 Å². The van der Waals surface area contributed by atoms with Gasteiger partial charge in [0, 0.05) is 31.8 Å².